The minimum absolute atomic E-state index is 0.250. The van der Waals surface area contributed by atoms with E-state index >= 15 is 0 Å². The van der Waals surface area contributed by atoms with Crippen LogP contribution in [0.5, 0.6) is 5.75 Å². The summed E-state index contributed by atoms with van der Waals surface area (Å²) in [7, 11) is 0. The monoisotopic (exact) mass is 392 g/mol. The first-order chi connectivity index (χ1) is 11.1. The van der Waals surface area contributed by atoms with Crippen molar-refractivity contribution in [2.75, 3.05) is 11.9 Å². The molecule has 0 saturated carbocycles. The number of carbonyl (C=O) groups is 1. The highest BCUT2D eigenvalue weighted by molar-refractivity contribution is 9.10. The highest BCUT2D eigenvalue weighted by atomic mass is 79.9. The third kappa shape index (κ3) is 5.65. The van der Waals surface area contributed by atoms with E-state index in [2.05, 4.69) is 33.5 Å². The largest absolute Gasteiger partial charge is 0.494 e. The van der Waals surface area contributed by atoms with Crippen LogP contribution in [0, 0.1) is 0 Å². The van der Waals surface area contributed by atoms with E-state index in [-0.39, 0.29) is 11.0 Å². The normalized spacial score (nSPS) is 10.0. The van der Waals surface area contributed by atoms with Crippen molar-refractivity contribution in [3.05, 3.63) is 58.6 Å². The molecule has 6 heteroatoms. The summed E-state index contributed by atoms with van der Waals surface area (Å²) >= 11 is 8.49. The van der Waals surface area contributed by atoms with Crippen molar-refractivity contribution in [2.24, 2.45) is 0 Å². The molecule has 1 amide bonds. The number of carbonyl (C=O) groups excluding carboxylic acids is 1. The van der Waals surface area contributed by atoms with Crippen LogP contribution in [0.4, 0.5) is 5.69 Å². The van der Waals surface area contributed by atoms with Gasteiger partial charge in [-0.3, -0.25) is 10.1 Å². The predicted molar refractivity (Wildman–Crippen MR) is 100 cm³/mol. The van der Waals surface area contributed by atoms with Gasteiger partial charge in [0, 0.05) is 15.7 Å². The third-order valence-corrected chi connectivity index (χ3v) is 3.65. The van der Waals surface area contributed by atoms with Crippen molar-refractivity contribution < 1.29 is 9.53 Å². The number of ether oxygens (including phenoxy) is 1. The summed E-state index contributed by atoms with van der Waals surface area (Å²) in [6, 6.07) is 14.5. The lowest BCUT2D eigenvalue weighted by Gasteiger charge is -2.10. The van der Waals surface area contributed by atoms with Gasteiger partial charge in [-0.25, -0.2) is 0 Å². The number of nitrogens with one attached hydrogen (secondary N) is 2. The highest BCUT2D eigenvalue weighted by Crippen LogP contribution is 2.16. The number of hydrogen-bond donors (Lipinski definition) is 2. The summed E-state index contributed by atoms with van der Waals surface area (Å²) in [5.41, 5.74) is 1.33. The number of amides is 1. The lowest BCUT2D eigenvalue weighted by Crippen LogP contribution is -2.34. The van der Waals surface area contributed by atoms with Gasteiger partial charge in [0.15, 0.2) is 5.11 Å². The predicted octanol–water partition coefficient (Wildman–Crippen LogP) is 4.36. The highest BCUT2D eigenvalue weighted by Gasteiger charge is 2.07. The first-order valence-electron chi connectivity index (χ1n) is 7.19. The van der Waals surface area contributed by atoms with Crippen molar-refractivity contribution in [3.63, 3.8) is 0 Å². The smallest absolute Gasteiger partial charge is 0.257 e. The van der Waals surface area contributed by atoms with Crippen molar-refractivity contribution >= 4 is 44.9 Å². The molecule has 0 aliphatic rings. The van der Waals surface area contributed by atoms with Crippen LogP contribution in [-0.2, 0) is 0 Å². The van der Waals surface area contributed by atoms with E-state index in [4.69, 9.17) is 17.0 Å². The Labute approximate surface area is 149 Å². The van der Waals surface area contributed by atoms with E-state index in [1.165, 1.54) is 0 Å². The average molecular weight is 393 g/mol. The molecule has 23 heavy (non-hydrogen) atoms. The lowest BCUT2D eigenvalue weighted by molar-refractivity contribution is 0.0977. The van der Waals surface area contributed by atoms with Crippen LogP contribution in [0.25, 0.3) is 0 Å². The summed E-state index contributed by atoms with van der Waals surface area (Å²) in [4.78, 5) is 12.1. The molecule has 0 saturated heterocycles. The molecule has 2 rings (SSSR count). The van der Waals surface area contributed by atoms with Gasteiger partial charge in [0.25, 0.3) is 5.91 Å². The first-order valence-corrected chi connectivity index (χ1v) is 8.39. The molecule has 0 aliphatic heterocycles. The number of rotatable bonds is 5. The Kier molecular flexibility index (Phi) is 6.55. The molecule has 2 N–H and O–H groups in total. The van der Waals surface area contributed by atoms with E-state index in [9.17, 15) is 4.79 Å². The Hall–Kier alpha value is -1.92. The van der Waals surface area contributed by atoms with Gasteiger partial charge in [-0.05, 0) is 67.2 Å². The molecule has 0 atom stereocenters. The number of anilines is 1. The first kappa shape index (κ1) is 17.4. The zero-order chi connectivity index (χ0) is 16.7. The quantitative estimate of drug-likeness (QED) is 0.741. The zero-order valence-corrected chi connectivity index (χ0v) is 15.0. The lowest BCUT2D eigenvalue weighted by atomic mass is 10.2. The third-order valence-electron chi connectivity index (χ3n) is 2.92. The fourth-order valence-corrected chi connectivity index (χ4v) is 2.27. The Morgan fingerprint density at radius 2 is 1.78 bits per heavy atom. The van der Waals surface area contributed by atoms with E-state index in [1.807, 2.05) is 24.3 Å². The van der Waals surface area contributed by atoms with E-state index < -0.39 is 0 Å². The van der Waals surface area contributed by atoms with Gasteiger partial charge in [-0.15, -0.1) is 0 Å². The molecule has 0 unspecified atom stereocenters. The van der Waals surface area contributed by atoms with Crippen molar-refractivity contribution in [2.45, 2.75) is 13.3 Å². The second kappa shape index (κ2) is 8.64. The standard InChI is InChI=1S/C17H17BrN2O2S/c1-2-11-22-15-9-7-14(8-10-15)19-17(23)20-16(21)12-3-5-13(18)6-4-12/h3-10H,2,11H2,1H3,(H2,19,20,21,23). The molecule has 120 valence electrons. The van der Waals surface area contributed by atoms with Crippen molar-refractivity contribution in [3.8, 4) is 5.75 Å². The molecule has 0 heterocycles. The molecule has 0 bridgehead atoms. The number of halogens is 1. The maximum Gasteiger partial charge on any atom is 0.257 e. The summed E-state index contributed by atoms with van der Waals surface area (Å²) in [5, 5.41) is 5.87. The number of benzene rings is 2. The van der Waals surface area contributed by atoms with E-state index in [1.54, 1.807) is 24.3 Å². The minimum Gasteiger partial charge on any atom is -0.494 e. The molecule has 0 aromatic heterocycles. The van der Waals surface area contributed by atoms with E-state index in [0.29, 0.717) is 12.2 Å². The fraction of sp³-hybridized carbons (Fsp3) is 0.176. The number of hydrogen-bond acceptors (Lipinski definition) is 3. The maximum atomic E-state index is 12.1. The van der Waals surface area contributed by atoms with Gasteiger partial charge < -0.3 is 10.1 Å². The summed E-state index contributed by atoms with van der Waals surface area (Å²) < 4.78 is 6.43. The molecular weight excluding hydrogens is 376 g/mol. The van der Waals surface area contributed by atoms with Crippen molar-refractivity contribution in [1.29, 1.82) is 0 Å². The zero-order valence-electron chi connectivity index (χ0n) is 12.6. The molecule has 0 radical (unpaired) electrons. The van der Waals surface area contributed by atoms with Crippen LogP contribution < -0.4 is 15.4 Å². The Morgan fingerprint density at radius 3 is 2.39 bits per heavy atom. The van der Waals surface area contributed by atoms with Gasteiger partial charge in [-0.1, -0.05) is 22.9 Å². The SMILES string of the molecule is CCCOc1ccc(NC(=S)NC(=O)c2ccc(Br)cc2)cc1. The van der Waals surface area contributed by atoms with Gasteiger partial charge in [-0.2, -0.15) is 0 Å². The molecule has 4 nitrogen and oxygen atoms in total. The van der Waals surface area contributed by atoms with Crippen LogP contribution in [0.1, 0.15) is 23.7 Å². The summed E-state index contributed by atoms with van der Waals surface area (Å²) in [5.74, 6) is 0.556. The van der Waals surface area contributed by atoms with Crippen molar-refractivity contribution in [1.82, 2.24) is 5.32 Å². The van der Waals surface area contributed by atoms with Crippen LogP contribution in [-0.4, -0.2) is 17.6 Å². The average Bonchev–Trinajstić information content (AvgIpc) is 2.54. The molecule has 0 spiro atoms. The van der Waals surface area contributed by atoms with Gasteiger partial charge in [0.2, 0.25) is 0 Å². The topological polar surface area (TPSA) is 50.4 Å². The second-order valence-corrected chi connectivity index (χ2v) is 6.11. The van der Waals surface area contributed by atoms with Crippen LogP contribution in [0.15, 0.2) is 53.0 Å². The van der Waals surface area contributed by atoms with Gasteiger partial charge in [0.1, 0.15) is 5.75 Å². The summed E-state index contributed by atoms with van der Waals surface area (Å²) in [6.45, 7) is 2.75. The fourth-order valence-electron chi connectivity index (χ4n) is 1.79. The van der Waals surface area contributed by atoms with Gasteiger partial charge >= 0.3 is 0 Å². The molecule has 2 aromatic carbocycles. The minimum atomic E-state index is -0.252. The molecular formula is C17H17BrN2O2S. The number of thiocarbonyl (C=S) groups is 1. The molecule has 0 aliphatic carbocycles. The second-order valence-electron chi connectivity index (χ2n) is 4.79. The Balaban J connectivity index is 1.88. The van der Waals surface area contributed by atoms with Crippen LogP contribution in [0.2, 0.25) is 0 Å². The van der Waals surface area contributed by atoms with Gasteiger partial charge in [0.05, 0.1) is 6.61 Å². The van der Waals surface area contributed by atoms with E-state index in [0.717, 1.165) is 22.3 Å². The maximum absolute atomic E-state index is 12.1. The van der Waals surface area contributed by atoms with Crippen LogP contribution >= 0.6 is 28.1 Å². The van der Waals surface area contributed by atoms with Crippen LogP contribution in [0.3, 0.4) is 0 Å². The Morgan fingerprint density at radius 1 is 1.13 bits per heavy atom. The summed E-state index contributed by atoms with van der Waals surface area (Å²) in [6.07, 6.45) is 0.964. The molecule has 0 fully saturated rings. The Bertz CT molecular complexity index is 672. The molecule has 2 aromatic rings.